The van der Waals surface area contributed by atoms with Crippen molar-refractivity contribution in [2.75, 3.05) is 0 Å². The second-order valence-electron chi connectivity index (χ2n) is 7.28. The summed E-state index contributed by atoms with van der Waals surface area (Å²) in [5, 5.41) is 9.71. The van der Waals surface area contributed by atoms with Gasteiger partial charge in [-0.1, -0.05) is 58.7 Å². The zero-order valence-electron chi connectivity index (χ0n) is 15.7. The van der Waals surface area contributed by atoms with Crippen molar-refractivity contribution in [3.8, 4) is 5.75 Å². The van der Waals surface area contributed by atoms with Gasteiger partial charge in [-0.15, -0.1) is 0 Å². The van der Waals surface area contributed by atoms with E-state index in [1.807, 2.05) is 18.2 Å². The van der Waals surface area contributed by atoms with Gasteiger partial charge in [-0.3, -0.25) is 4.79 Å². The number of hydrogen-bond acceptors (Lipinski definition) is 3. The molecule has 0 aliphatic heterocycles. The van der Waals surface area contributed by atoms with Gasteiger partial charge in [0.2, 0.25) is 0 Å². The average molecular weight is 334 g/mol. The molecule has 1 aliphatic carbocycles. The maximum Gasteiger partial charge on any atom is 0.311 e. The Morgan fingerprint density at radius 3 is 2.46 bits per heavy atom. The van der Waals surface area contributed by atoms with Crippen molar-refractivity contribution in [3.05, 3.63) is 30.3 Å². The number of benzene rings is 1. The summed E-state index contributed by atoms with van der Waals surface area (Å²) in [6, 6.07) is 9.15. The minimum atomic E-state index is -0.145. The zero-order valence-corrected chi connectivity index (χ0v) is 15.7. The number of carbonyl (C=O) groups excluding carboxylic acids is 1. The highest BCUT2D eigenvalue weighted by atomic mass is 16.5. The molecule has 3 unspecified atom stereocenters. The van der Waals surface area contributed by atoms with Crippen molar-refractivity contribution < 1.29 is 14.6 Å². The van der Waals surface area contributed by atoms with Gasteiger partial charge in [-0.05, 0) is 49.1 Å². The number of esters is 1. The molecule has 3 heteroatoms. The van der Waals surface area contributed by atoms with E-state index in [0.29, 0.717) is 24.0 Å². The van der Waals surface area contributed by atoms with E-state index in [9.17, 15) is 9.90 Å². The number of unbranched alkanes of at least 4 members (excludes halogenated alkanes) is 1. The molecule has 0 radical (unpaired) electrons. The molecule has 0 amide bonds. The molecule has 0 bridgehead atoms. The van der Waals surface area contributed by atoms with Gasteiger partial charge in [0.1, 0.15) is 5.75 Å². The first kappa shape index (κ1) is 20.7. The Balaban J connectivity index is 0.000000243. The van der Waals surface area contributed by atoms with Crippen LogP contribution >= 0.6 is 0 Å². The molecule has 1 fully saturated rings. The van der Waals surface area contributed by atoms with Gasteiger partial charge in [0.25, 0.3) is 0 Å². The number of rotatable bonds is 5. The molecule has 0 saturated heterocycles. The summed E-state index contributed by atoms with van der Waals surface area (Å²) in [5.41, 5.74) is 0. The van der Waals surface area contributed by atoms with E-state index < -0.39 is 0 Å². The highest BCUT2D eigenvalue weighted by Crippen LogP contribution is 2.33. The molecule has 1 N–H and O–H groups in total. The van der Waals surface area contributed by atoms with Crippen LogP contribution < -0.4 is 4.74 Å². The number of carbonyl (C=O) groups is 1. The predicted octanol–water partition coefficient (Wildman–Crippen LogP) is 5.22. The second-order valence-corrected chi connectivity index (χ2v) is 7.28. The van der Waals surface area contributed by atoms with Crippen molar-refractivity contribution in [1.82, 2.24) is 0 Å². The normalized spacial score (nSPS) is 23.3. The monoisotopic (exact) mass is 334 g/mol. The SMILES string of the molecule is CC1CCC(C(C)C)C(O)C1.CCCCC(=O)Oc1ccccc1. The number of aliphatic hydroxyl groups is 1. The summed E-state index contributed by atoms with van der Waals surface area (Å²) in [6.45, 7) is 8.71. The van der Waals surface area contributed by atoms with Crippen LogP contribution in [-0.4, -0.2) is 17.2 Å². The predicted molar refractivity (Wildman–Crippen MR) is 99.0 cm³/mol. The fraction of sp³-hybridized carbons (Fsp3) is 0.667. The van der Waals surface area contributed by atoms with E-state index in [-0.39, 0.29) is 12.1 Å². The number of ether oxygens (including phenoxy) is 1. The largest absolute Gasteiger partial charge is 0.427 e. The molecule has 1 aromatic rings. The first-order chi connectivity index (χ1) is 11.4. The molecule has 136 valence electrons. The van der Waals surface area contributed by atoms with Crippen LogP contribution in [0.5, 0.6) is 5.75 Å². The van der Waals surface area contributed by atoms with Crippen molar-refractivity contribution in [3.63, 3.8) is 0 Å². The third-order valence-corrected chi connectivity index (χ3v) is 4.70. The Kier molecular flexibility index (Phi) is 9.70. The number of hydrogen-bond donors (Lipinski definition) is 1. The molecule has 1 aliphatic rings. The van der Waals surface area contributed by atoms with Gasteiger partial charge in [0, 0.05) is 6.42 Å². The van der Waals surface area contributed by atoms with E-state index in [0.717, 1.165) is 25.2 Å². The fourth-order valence-corrected chi connectivity index (χ4v) is 3.14. The Morgan fingerprint density at radius 2 is 1.92 bits per heavy atom. The highest BCUT2D eigenvalue weighted by molar-refractivity contribution is 5.72. The van der Waals surface area contributed by atoms with E-state index in [1.165, 1.54) is 12.8 Å². The molecule has 0 spiro atoms. The lowest BCUT2D eigenvalue weighted by Gasteiger charge is -2.33. The lowest BCUT2D eigenvalue weighted by atomic mass is 9.75. The molecule has 2 rings (SSSR count). The van der Waals surface area contributed by atoms with Gasteiger partial charge in [0.15, 0.2) is 0 Å². The van der Waals surface area contributed by atoms with E-state index in [1.54, 1.807) is 12.1 Å². The van der Waals surface area contributed by atoms with Gasteiger partial charge in [-0.25, -0.2) is 0 Å². The molecule has 3 nitrogen and oxygen atoms in total. The van der Waals surface area contributed by atoms with Crippen LogP contribution in [-0.2, 0) is 4.79 Å². The molecule has 24 heavy (non-hydrogen) atoms. The summed E-state index contributed by atoms with van der Waals surface area (Å²) in [4.78, 5) is 11.1. The van der Waals surface area contributed by atoms with Gasteiger partial charge in [0.05, 0.1) is 6.10 Å². The summed E-state index contributed by atoms with van der Waals surface area (Å²) in [5.74, 6) is 2.43. The van der Waals surface area contributed by atoms with Crippen molar-refractivity contribution in [2.45, 2.75) is 72.3 Å². The van der Waals surface area contributed by atoms with Gasteiger partial charge in [-0.2, -0.15) is 0 Å². The quantitative estimate of drug-likeness (QED) is 0.593. The zero-order chi connectivity index (χ0) is 17.9. The minimum Gasteiger partial charge on any atom is -0.427 e. The molecule has 1 saturated carbocycles. The maximum atomic E-state index is 11.1. The third-order valence-electron chi connectivity index (χ3n) is 4.70. The maximum absolute atomic E-state index is 11.1. The van der Waals surface area contributed by atoms with Crippen molar-refractivity contribution in [1.29, 1.82) is 0 Å². The van der Waals surface area contributed by atoms with Crippen LogP contribution in [0, 0.1) is 17.8 Å². The van der Waals surface area contributed by atoms with E-state index in [4.69, 9.17) is 4.74 Å². The van der Waals surface area contributed by atoms with E-state index >= 15 is 0 Å². The Hall–Kier alpha value is -1.35. The summed E-state index contributed by atoms with van der Waals surface area (Å²) < 4.78 is 5.08. The molecular weight excluding hydrogens is 300 g/mol. The summed E-state index contributed by atoms with van der Waals surface area (Å²) in [6.07, 6.45) is 5.93. The standard InChI is InChI=1S/C11H14O2.C10H20O/c1-2-3-9-11(12)13-10-7-5-4-6-8-10;1-7(2)9-5-4-8(3)6-10(9)11/h4-8H,2-3,9H2,1H3;7-11H,4-6H2,1-3H3. The summed E-state index contributed by atoms with van der Waals surface area (Å²) in [7, 11) is 0. The van der Waals surface area contributed by atoms with Gasteiger partial charge < -0.3 is 9.84 Å². The summed E-state index contributed by atoms with van der Waals surface area (Å²) >= 11 is 0. The molecule has 1 aromatic carbocycles. The average Bonchev–Trinajstić information content (AvgIpc) is 2.54. The highest BCUT2D eigenvalue weighted by Gasteiger charge is 2.28. The lowest BCUT2D eigenvalue weighted by Crippen LogP contribution is -2.31. The Morgan fingerprint density at radius 1 is 1.25 bits per heavy atom. The van der Waals surface area contributed by atoms with Crippen molar-refractivity contribution in [2.24, 2.45) is 17.8 Å². The second kappa shape index (κ2) is 11.2. The molecule has 3 atom stereocenters. The number of para-hydroxylation sites is 1. The number of aliphatic hydroxyl groups excluding tert-OH is 1. The van der Waals surface area contributed by atoms with Crippen LogP contribution in [0.15, 0.2) is 30.3 Å². The lowest BCUT2D eigenvalue weighted by molar-refractivity contribution is -0.134. The van der Waals surface area contributed by atoms with Crippen LogP contribution in [0.3, 0.4) is 0 Å². The Bertz CT molecular complexity index is 455. The van der Waals surface area contributed by atoms with Crippen LogP contribution in [0.4, 0.5) is 0 Å². The van der Waals surface area contributed by atoms with Crippen LogP contribution in [0.1, 0.15) is 66.2 Å². The van der Waals surface area contributed by atoms with Crippen LogP contribution in [0.2, 0.25) is 0 Å². The van der Waals surface area contributed by atoms with Crippen LogP contribution in [0.25, 0.3) is 0 Å². The van der Waals surface area contributed by atoms with E-state index in [2.05, 4.69) is 27.7 Å². The smallest absolute Gasteiger partial charge is 0.311 e. The molecule has 0 heterocycles. The Labute approximate surface area is 147 Å². The first-order valence-corrected chi connectivity index (χ1v) is 9.37. The van der Waals surface area contributed by atoms with Gasteiger partial charge >= 0.3 is 5.97 Å². The first-order valence-electron chi connectivity index (χ1n) is 9.37. The molecular formula is C21H34O3. The fourth-order valence-electron chi connectivity index (χ4n) is 3.14. The van der Waals surface area contributed by atoms with Crippen molar-refractivity contribution >= 4 is 5.97 Å². The molecule has 0 aromatic heterocycles. The minimum absolute atomic E-state index is 0.0289. The topological polar surface area (TPSA) is 46.5 Å². The third kappa shape index (κ3) is 7.96.